The van der Waals surface area contributed by atoms with Crippen molar-refractivity contribution in [1.29, 1.82) is 0 Å². The van der Waals surface area contributed by atoms with Crippen LogP contribution < -0.4 is 9.64 Å². The summed E-state index contributed by atoms with van der Waals surface area (Å²) in [5, 5.41) is 4.48. The first kappa shape index (κ1) is 16.1. The largest absolute Gasteiger partial charge is 0.497 e. The van der Waals surface area contributed by atoms with E-state index in [4.69, 9.17) is 25.8 Å². The molecule has 1 atom stereocenters. The Hall–Kier alpha value is -2.38. The van der Waals surface area contributed by atoms with Crippen molar-refractivity contribution in [2.45, 2.75) is 32.1 Å². The zero-order chi connectivity index (χ0) is 17.2. The second-order valence-corrected chi connectivity index (χ2v) is 6.61. The highest BCUT2D eigenvalue weighted by Gasteiger charge is 2.34. The molecule has 0 radical (unpaired) electrons. The summed E-state index contributed by atoms with van der Waals surface area (Å²) >= 11 is 5.33. The Morgan fingerprint density at radius 2 is 2.08 bits per heavy atom. The van der Waals surface area contributed by atoms with Gasteiger partial charge in [0.25, 0.3) is 10.7 Å². The molecule has 1 fully saturated rings. The van der Waals surface area contributed by atoms with Gasteiger partial charge in [0.2, 0.25) is 0 Å². The van der Waals surface area contributed by atoms with E-state index in [0.717, 1.165) is 12.3 Å². The Balaban J connectivity index is 1.51. The molecule has 0 spiro atoms. The number of rotatable bonds is 7. The number of benzene rings is 1. The average Bonchev–Trinajstić information content (AvgIpc) is 3.20. The Labute approximate surface area is 150 Å². The highest BCUT2D eigenvalue weighted by molar-refractivity contribution is 7.71. The summed E-state index contributed by atoms with van der Waals surface area (Å²) < 4.78 is 17.9. The molecule has 3 aromatic rings. The van der Waals surface area contributed by atoms with Gasteiger partial charge < -0.3 is 18.5 Å². The lowest BCUT2D eigenvalue weighted by molar-refractivity contribution is -0.947. The summed E-state index contributed by atoms with van der Waals surface area (Å²) in [6.07, 6.45) is 4.07. The van der Waals surface area contributed by atoms with Gasteiger partial charge in [-0.1, -0.05) is 0 Å². The Morgan fingerprint density at radius 3 is 2.72 bits per heavy atom. The Kier molecular flexibility index (Phi) is 4.42. The van der Waals surface area contributed by atoms with Crippen LogP contribution in [0, 0.1) is 4.84 Å². The van der Waals surface area contributed by atoms with Crippen LogP contribution in [0.4, 0.5) is 0 Å². The summed E-state index contributed by atoms with van der Waals surface area (Å²) in [5.41, 5.74) is 1.27. The average molecular weight is 358 g/mol. The molecule has 1 N–H and O–H groups in total. The van der Waals surface area contributed by atoms with Gasteiger partial charge in [0.05, 0.1) is 19.4 Å². The molecule has 0 bridgehead atoms. The molecule has 4 rings (SSSR count). The van der Waals surface area contributed by atoms with Crippen molar-refractivity contribution in [3.63, 3.8) is 0 Å². The fourth-order valence-electron chi connectivity index (χ4n) is 2.92. The standard InChI is InChI=1S/C18H19N3O3S/c1-22-15-8-4-13(5-9-15)11-20(14-6-7-14)12-21-18(25)24-17(19-21)16-3-2-10-23-16/h2-5,8-10,14H,6-7,11-12H2,1H3/p+1. The molecule has 1 unspecified atom stereocenters. The molecule has 25 heavy (non-hydrogen) atoms. The van der Waals surface area contributed by atoms with Gasteiger partial charge in [0.15, 0.2) is 12.4 Å². The van der Waals surface area contributed by atoms with E-state index < -0.39 is 0 Å². The molecule has 1 saturated carbocycles. The quantitative estimate of drug-likeness (QED) is 0.658. The van der Waals surface area contributed by atoms with Gasteiger partial charge >= 0.3 is 0 Å². The van der Waals surface area contributed by atoms with Crippen LogP contribution in [0.5, 0.6) is 5.75 Å². The minimum atomic E-state index is 0.374. The van der Waals surface area contributed by atoms with E-state index in [0.29, 0.717) is 29.2 Å². The van der Waals surface area contributed by atoms with Gasteiger partial charge in [0, 0.05) is 18.4 Å². The number of furan rings is 1. The van der Waals surface area contributed by atoms with Crippen molar-refractivity contribution >= 4 is 12.2 Å². The van der Waals surface area contributed by atoms with Crippen LogP contribution in [0.3, 0.4) is 0 Å². The Morgan fingerprint density at radius 1 is 1.28 bits per heavy atom. The molecule has 0 amide bonds. The normalized spacial score (nSPS) is 15.2. The number of ether oxygens (including phenoxy) is 1. The molecule has 1 aliphatic carbocycles. The number of nitrogens with zero attached hydrogens (tertiary/aromatic N) is 2. The number of hydrogen-bond acceptors (Lipinski definition) is 5. The van der Waals surface area contributed by atoms with E-state index in [-0.39, 0.29) is 0 Å². The third kappa shape index (κ3) is 3.67. The lowest BCUT2D eigenvalue weighted by atomic mass is 10.2. The number of methoxy groups -OCH3 is 1. The summed E-state index contributed by atoms with van der Waals surface area (Å²) in [6.45, 7) is 1.60. The minimum Gasteiger partial charge on any atom is -0.497 e. The second kappa shape index (κ2) is 6.85. The first-order valence-electron chi connectivity index (χ1n) is 8.32. The maximum absolute atomic E-state index is 5.58. The smallest absolute Gasteiger partial charge is 0.292 e. The molecule has 1 aromatic carbocycles. The molecule has 0 saturated heterocycles. The molecule has 6 nitrogen and oxygen atoms in total. The summed E-state index contributed by atoms with van der Waals surface area (Å²) in [5.74, 6) is 1.89. The van der Waals surface area contributed by atoms with E-state index in [1.807, 2.05) is 18.2 Å². The lowest BCUT2D eigenvalue weighted by Gasteiger charge is -2.18. The van der Waals surface area contributed by atoms with Crippen molar-refractivity contribution < 1.29 is 18.5 Å². The van der Waals surface area contributed by atoms with E-state index in [9.17, 15) is 0 Å². The van der Waals surface area contributed by atoms with Crippen LogP contribution in [0.2, 0.25) is 0 Å². The number of quaternary nitrogens is 1. The number of aromatic nitrogens is 2. The fourth-order valence-corrected chi connectivity index (χ4v) is 3.11. The molecular weight excluding hydrogens is 338 g/mol. The van der Waals surface area contributed by atoms with Crippen LogP contribution in [0.25, 0.3) is 11.7 Å². The van der Waals surface area contributed by atoms with Crippen molar-refractivity contribution in [3.8, 4) is 17.4 Å². The SMILES string of the molecule is COc1ccc(C[NH+](Cn2nc(-c3ccco3)oc2=S)C2CC2)cc1. The highest BCUT2D eigenvalue weighted by atomic mass is 32.1. The van der Waals surface area contributed by atoms with Crippen molar-refractivity contribution in [3.05, 3.63) is 53.1 Å². The highest BCUT2D eigenvalue weighted by Crippen LogP contribution is 2.19. The van der Waals surface area contributed by atoms with Crippen LogP contribution in [-0.2, 0) is 13.2 Å². The molecule has 2 heterocycles. The summed E-state index contributed by atoms with van der Waals surface area (Å²) in [4.78, 5) is 1.81. The van der Waals surface area contributed by atoms with E-state index in [2.05, 4.69) is 17.2 Å². The Bertz CT molecular complexity index is 879. The molecule has 1 aliphatic rings. The zero-order valence-electron chi connectivity index (χ0n) is 14.0. The van der Waals surface area contributed by atoms with Gasteiger partial charge in [-0.3, -0.25) is 0 Å². The number of hydrogen-bond donors (Lipinski definition) is 1. The topological polar surface area (TPSA) is 57.8 Å². The monoisotopic (exact) mass is 358 g/mol. The van der Waals surface area contributed by atoms with Gasteiger partial charge in [-0.25, -0.2) is 0 Å². The van der Waals surface area contributed by atoms with Gasteiger partial charge in [-0.15, -0.1) is 5.10 Å². The zero-order valence-corrected chi connectivity index (χ0v) is 14.8. The van der Waals surface area contributed by atoms with Crippen molar-refractivity contribution in [2.24, 2.45) is 0 Å². The van der Waals surface area contributed by atoms with Crippen LogP contribution in [0.1, 0.15) is 18.4 Å². The van der Waals surface area contributed by atoms with E-state index in [1.54, 1.807) is 24.1 Å². The molecule has 7 heteroatoms. The molecule has 130 valence electrons. The third-order valence-electron chi connectivity index (χ3n) is 4.44. The van der Waals surface area contributed by atoms with Crippen LogP contribution >= 0.6 is 12.2 Å². The first-order valence-corrected chi connectivity index (χ1v) is 8.73. The van der Waals surface area contributed by atoms with Gasteiger partial charge in [-0.05, 0) is 48.6 Å². The first-order chi connectivity index (χ1) is 12.2. The van der Waals surface area contributed by atoms with Crippen LogP contribution in [0.15, 0.2) is 51.5 Å². The molecule has 2 aromatic heterocycles. The second-order valence-electron chi connectivity index (χ2n) is 6.27. The van der Waals surface area contributed by atoms with Crippen molar-refractivity contribution in [2.75, 3.05) is 7.11 Å². The predicted octanol–water partition coefficient (Wildman–Crippen LogP) is 2.68. The summed E-state index contributed by atoms with van der Waals surface area (Å²) in [7, 11) is 1.68. The fraction of sp³-hybridized carbons (Fsp3) is 0.333. The van der Waals surface area contributed by atoms with Gasteiger partial charge in [0.1, 0.15) is 12.3 Å². The van der Waals surface area contributed by atoms with E-state index >= 15 is 0 Å². The third-order valence-corrected chi connectivity index (χ3v) is 4.73. The van der Waals surface area contributed by atoms with Crippen molar-refractivity contribution in [1.82, 2.24) is 9.78 Å². The maximum atomic E-state index is 5.58. The maximum Gasteiger partial charge on any atom is 0.292 e. The summed E-state index contributed by atoms with van der Waals surface area (Å²) in [6, 6.07) is 12.5. The molecule has 0 aliphatic heterocycles. The number of nitrogens with one attached hydrogen (secondary N) is 1. The van der Waals surface area contributed by atoms with Crippen LogP contribution in [-0.4, -0.2) is 22.9 Å². The minimum absolute atomic E-state index is 0.374. The van der Waals surface area contributed by atoms with E-state index in [1.165, 1.54) is 23.3 Å². The predicted molar refractivity (Wildman–Crippen MR) is 93.7 cm³/mol. The molecular formula is C18H20N3O3S+. The van der Waals surface area contributed by atoms with Gasteiger partial charge in [-0.2, -0.15) is 4.68 Å². The lowest BCUT2D eigenvalue weighted by Crippen LogP contribution is -3.11.